The van der Waals surface area contributed by atoms with Crippen LogP contribution < -0.4 is 0 Å². The Kier molecular flexibility index (Phi) is 8.07. The van der Waals surface area contributed by atoms with E-state index in [9.17, 15) is 4.79 Å². The lowest BCUT2D eigenvalue weighted by Gasteiger charge is -2.13. The van der Waals surface area contributed by atoms with Crippen molar-refractivity contribution in [2.24, 2.45) is 5.92 Å². The fourth-order valence-electron chi connectivity index (χ4n) is 1.60. The van der Waals surface area contributed by atoms with Gasteiger partial charge in [-0.2, -0.15) is 0 Å². The molecule has 0 rings (SSSR count). The number of hydrogen-bond donors (Lipinski definition) is 0. The summed E-state index contributed by atoms with van der Waals surface area (Å²) in [5.74, 6) is 0.772. The summed E-state index contributed by atoms with van der Waals surface area (Å²) in [6.07, 6.45) is 7.27. The number of carbonyl (C=O) groups excluding carboxylic acids is 1. The van der Waals surface area contributed by atoms with Gasteiger partial charge in [0.2, 0.25) is 0 Å². The van der Waals surface area contributed by atoms with Crippen LogP contribution in [0.15, 0.2) is 0 Å². The highest BCUT2D eigenvalue weighted by atomic mass is 16.1. The fraction of sp³-hybridized carbons (Fsp3) is 0.833. The second-order valence-corrected chi connectivity index (χ2v) is 3.65. The van der Waals surface area contributed by atoms with Crippen molar-refractivity contribution in [1.29, 1.82) is 0 Å². The van der Waals surface area contributed by atoms with Crippen molar-refractivity contribution < 1.29 is 4.79 Å². The van der Waals surface area contributed by atoms with Gasteiger partial charge in [0.1, 0.15) is 5.78 Å². The van der Waals surface area contributed by atoms with Crippen molar-refractivity contribution in [1.82, 2.24) is 0 Å². The second kappa shape index (κ2) is 8.28. The summed E-state index contributed by atoms with van der Waals surface area (Å²) in [6.45, 7) is 7.95. The Morgan fingerprint density at radius 1 is 1.23 bits per heavy atom. The van der Waals surface area contributed by atoms with Gasteiger partial charge in [-0.05, 0) is 12.8 Å². The van der Waals surface area contributed by atoms with Gasteiger partial charge in [-0.3, -0.25) is 4.79 Å². The molecule has 0 bridgehead atoms. The van der Waals surface area contributed by atoms with Crippen LogP contribution >= 0.6 is 0 Å². The van der Waals surface area contributed by atoms with E-state index in [2.05, 4.69) is 13.8 Å². The standard InChI is InChI=1S/C12H23O/c1-4-7-9-11(10-8-5-2)12(13)6-3/h11H,1,4-10H2,2-3H3. The zero-order valence-electron chi connectivity index (χ0n) is 9.14. The van der Waals surface area contributed by atoms with Crippen LogP contribution in [-0.4, -0.2) is 5.78 Å². The zero-order valence-corrected chi connectivity index (χ0v) is 9.14. The van der Waals surface area contributed by atoms with E-state index in [1.165, 1.54) is 12.8 Å². The van der Waals surface area contributed by atoms with E-state index in [1.54, 1.807) is 0 Å². The summed E-state index contributed by atoms with van der Waals surface area (Å²) < 4.78 is 0. The average Bonchev–Trinajstić information content (AvgIpc) is 2.17. The smallest absolute Gasteiger partial charge is 0.135 e. The Hall–Kier alpha value is -0.330. The summed E-state index contributed by atoms with van der Waals surface area (Å²) in [6, 6.07) is 0. The van der Waals surface area contributed by atoms with E-state index >= 15 is 0 Å². The average molecular weight is 183 g/mol. The molecule has 0 N–H and O–H groups in total. The molecule has 0 aromatic carbocycles. The number of ketones is 1. The van der Waals surface area contributed by atoms with Gasteiger partial charge in [0.05, 0.1) is 0 Å². The molecule has 1 radical (unpaired) electrons. The van der Waals surface area contributed by atoms with Gasteiger partial charge in [0.25, 0.3) is 0 Å². The zero-order chi connectivity index (χ0) is 10.1. The molecule has 0 spiro atoms. The van der Waals surface area contributed by atoms with Crippen molar-refractivity contribution in [2.75, 3.05) is 0 Å². The molecule has 77 valence electrons. The Morgan fingerprint density at radius 3 is 2.31 bits per heavy atom. The first-order chi connectivity index (χ1) is 6.26. The van der Waals surface area contributed by atoms with Gasteiger partial charge in [-0.15, -0.1) is 0 Å². The maximum atomic E-state index is 11.5. The van der Waals surface area contributed by atoms with Gasteiger partial charge in [-0.25, -0.2) is 0 Å². The minimum atomic E-state index is 0.326. The lowest BCUT2D eigenvalue weighted by Crippen LogP contribution is -2.13. The molecule has 0 amide bonds. The number of carbonyl (C=O) groups is 1. The predicted molar refractivity (Wildman–Crippen MR) is 57.5 cm³/mol. The third kappa shape index (κ3) is 5.84. The highest BCUT2D eigenvalue weighted by Crippen LogP contribution is 2.18. The summed E-state index contributed by atoms with van der Waals surface area (Å²) in [7, 11) is 0. The SMILES string of the molecule is [CH2]CCCC(CCCC)C(=O)CC. The Balaban J connectivity index is 3.79. The van der Waals surface area contributed by atoms with E-state index in [0.29, 0.717) is 18.1 Å². The minimum Gasteiger partial charge on any atom is -0.299 e. The summed E-state index contributed by atoms with van der Waals surface area (Å²) >= 11 is 0. The normalized spacial score (nSPS) is 10.8. The van der Waals surface area contributed by atoms with Crippen LogP contribution in [0.2, 0.25) is 0 Å². The summed E-state index contributed by atoms with van der Waals surface area (Å²) in [5.41, 5.74) is 0. The fourth-order valence-corrected chi connectivity index (χ4v) is 1.60. The molecule has 0 aromatic rings. The van der Waals surface area contributed by atoms with Crippen molar-refractivity contribution >= 4 is 5.78 Å². The highest BCUT2D eigenvalue weighted by Gasteiger charge is 2.14. The van der Waals surface area contributed by atoms with Gasteiger partial charge < -0.3 is 0 Å². The topological polar surface area (TPSA) is 17.1 Å². The van der Waals surface area contributed by atoms with Crippen LogP contribution in [0.25, 0.3) is 0 Å². The molecule has 1 unspecified atom stereocenters. The number of Topliss-reactive ketones (excluding diaryl/α,β-unsaturated/α-hetero) is 1. The summed E-state index contributed by atoms with van der Waals surface area (Å²) in [4.78, 5) is 11.5. The van der Waals surface area contributed by atoms with Gasteiger partial charge >= 0.3 is 0 Å². The van der Waals surface area contributed by atoms with E-state index in [-0.39, 0.29) is 0 Å². The maximum Gasteiger partial charge on any atom is 0.135 e. The molecule has 0 saturated carbocycles. The molecule has 0 aliphatic heterocycles. The maximum absolute atomic E-state index is 11.5. The van der Waals surface area contributed by atoms with Crippen molar-refractivity contribution in [2.45, 2.75) is 58.8 Å². The van der Waals surface area contributed by atoms with Crippen molar-refractivity contribution in [3.8, 4) is 0 Å². The van der Waals surface area contributed by atoms with Gasteiger partial charge in [0, 0.05) is 12.3 Å². The van der Waals surface area contributed by atoms with Crippen LogP contribution in [0, 0.1) is 12.8 Å². The Labute approximate surface area is 82.9 Å². The molecule has 0 aromatic heterocycles. The molecular weight excluding hydrogens is 160 g/mol. The monoisotopic (exact) mass is 183 g/mol. The molecular formula is C12H23O. The third-order valence-corrected chi connectivity index (χ3v) is 2.51. The molecule has 1 heteroatoms. The first-order valence-corrected chi connectivity index (χ1v) is 5.58. The minimum absolute atomic E-state index is 0.326. The molecule has 0 saturated heterocycles. The molecule has 13 heavy (non-hydrogen) atoms. The highest BCUT2D eigenvalue weighted by molar-refractivity contribution is 5.80. The molecule has 1 atom stereocenters. The van der Waals surface area contributed by atoms with Crippen LogP contribution in [-0.2, 0) is 4.79 Å². The van der Waals surface area contributed by atoms with Gasteiger partial charge in [-0.1, -0.05) is 46.5 Å². The Morgan fingerprint density at radius 2 is 1.85 bits per heavy atom. The Bertz CT molecular complexity index is 121. The molecule has 1 nitrogen and oxygen atoms in total. The first-order valence-electron chi connectivity index (χ1n) is 5.58. The first kappa shape index (κ1) is 12.7. The molecule has 0 aliphatic carbocycles. The number of hydrogen-bond acceptors (Lipinski definition) is 1. The lowest BCUT2D eigenvalue weighted by molar-refractivity contribution is -0.123. The predicted octanol–water partition coefficient (Wildman–Crippen LogP) is 3.78. The number of rotatable bonds is 8. The van der Waals surface area contributed by atoms with Crippen LogP contribution in [0.4, 0.5) is 0 Å². The van der Waals surface area contributed by atoms with Crippen LogP contribution in [0.3, 0.4) is 0 Å². The van der Waals surface area contributed by atoms with E-state index < -0.39 is 0 Å². The molecule has 0 fully saturated rings. The van der Waals surface area contributed by atoms with Crippen LogP contribution in [0.5, 0.6) is 0 Å². The molecule has 0 heterocycles. The number of unbranched alkanes of at least 4 members (excludes halogenated alkanes) is 2. The molecule has 0 aliphatic rings. The van der Waals surface area contributed by atoms with Crippen molar-refractivity contribution in [3.05, 3.63) is 6.92 Å². The second-order valence-electron chi connectivity index (χ2n) is 3.65. The quantitative estimate of drug-likeness (QED) is 0.559. The largest absolute Gasteiger partial charge is 0.299 e. The van der Waals surface area contributed by atoms with Crippen molar-refractivity contribution in [3.63, 3.8) is 0 Å². The van der Waals surface area contributed by atoms with E-state index in [4.69, 9.17) is 0 Å². The van der Waals surface area contributed by atoms with E-state index in [1.807, 2.05) is 6.92 Å². The summed E-state index contributed by atoms with van der Waals surface area (Å²) in [5, 5.41) is 0. The van der Waals surface area contributed by atoms with Gasteiger partial charge in [0.15, 0.2) is 0 Å². The third-order valence-electron chi connectivity index (χ3n) is 2.51. The van der Waals surface area contributed by atoms with E-state index in [0.717, 1.165) is 25.7 Å². The lowest BCUT2D eigenvalue weighted by atomic mass is 9.91. The van der Waals surface area contributed by atoms with Crippen LogP contribution in [0.1, 0.15) is 58.8 Å².